The van der Waals surface area contributed by atoms with Crippen LogP contribution in [0, 0.1) is 11.6 Å². The lowest BCUT2D eigenvalue weighted by Gasteiger charge is -2.16. The van der Waals surface area contributed by atoms with E-state index in [2.05, 4.69) is 9.71 Å². The van der Waals surface area contributed by atoms with Crippen LogP contribution in [-0.4, -0.2) is 38.7 Å². The molecule has 2 aromatic rings. The third kappa shape index (κ3) is 4.36. The standard InChI is InChI=1S/C14H15F2N3O3S/c1-19(4-5-20)14-3-2-13(9-17-14)23(21,22)18-12-7-10(15)6-11(16)8-12/h2-3,6-9,18,20H,4-5H2,1H3. The van der Waals surface area contributed by atoms with E-state index >= 15 is 0 Å². The van der Waals surface area contributed by atoms with Crippen LogP contribution in [-0.2, 0) is 10.0 Å². The zero-order valence-electron chi connectivity index (χ0n) is 12.2. The molecule has 0 spiro atoms. The van der Waals surface area contributed by atoms with Crippen LogP contribution in [0.1, 0.15) is 0 Å². The average Bonchev–Trinajstić information content (AvgIpc) is 2.46. The zero-order valence-corrected chi connectivity index (χ0v) is 13.0. The Kier molecular flexibility index (Phi) is 5.12. The summed E-state index contributed by atoms with van der Waals surface area (Å²) in [7, 11) is -2.32. The third-order valence-corrected chi connectivity index (χ3v) is 4.34. The summed E-state index contributed by atoms with van der Waals surface area (Å²) >= 11 is 0. The van der Waals surface area contributed by atoms with Gasteiger partial charge in [-0.3, -0.25) is 4.72 Å². The lowest BCUT2D eigenvalue weighted by atomic mass is 10.3. The Morgan fingerprint density at radius 1 is 1.22 bits per heavy atom. The minimum atomic E-state index is -4.02. The average molecular weight is 343 g/mol. The van der Waals surface area contributed by atoms with Gasteiger partial charge in [-0.1, -0.05) is 0 Å². The number of benzene rings is 1. The van der Waals surface area contributed by atoms with Crippen molar-refractivity contribution in [3.8, 4) is 0 Å². The van der Waals surface area contributed by atoms with Crippen molar-refractivity contribution in [2.45, 2.75) is 4.90 Å². The van der Waals surface area contributed by atoms with Crippen LogP contribution in [0.15, 0.2) is 41.4 Å². The molecule has 0 amide bonds. The number of sulfonamides is 1. The van der Waals surface area contributed by atoms with Gasteiger partial charge in [0.2, 0.25) is 0 Å². The molecule has 1 aromatic carbocycles. The Hall–Kier alpha value is -2.26. The molecule has 6 nitrogen and oxygen atoms in total. The van der Waals surface area contributed by atoms with Crippen molar-refractivity contribution in [2.24, 2.45) is 0 Å². The first kappa shape index (κ1) is 17.1. The van der Waals surface area contributed by atoms with Crippen molar-refractivity contribution < 1.29 is 22.3 Å². The molecule has 0 radical (unpaired) electrons. The fourth-order valence-electron chi connectivity index (χ4n) is 1.85. The summed E-state index contributed by atoms with van der Waals surface area (Å²) in [5, 5.41) is 8.85. The summed E-state index contributed by atoms with van der Waals surface area (Å²) in [5.41, 5.74) is -0.219. The first-order chi connectivity index (χ1) is 10.8. The number of rotatable bonds is 6. The van der Waals surface area contributed by atoms with E-state index in [9.17, 15) is 17.2 Å². The van der Waals surface area contributed by atoms with Gasteiger partial charge in [0.1, 0.15) is 22.3 Å². The molecule has 0 unspecified atom stereocenters. The highest BCUT2D eigenvalue weighted by atomic mass is 32.2. The quantitative estimate of drug-likeness (QED) is 0.832. The largest absolute Gasteiger partial charge is 0.395 e. The molecule has 0 saturated heterocycles. The molecule has 0 saturated carbocycles. The molecule has 0 atom stereocenters. The number of aliphatic hydroxyl groups is 1. The molecular formula is C14H15F2N3O3S. The number of aromatic nitrogens is 1. The third-order valence-electron chi connectivity index (χ3n) is 2.97. The molecule has 2 N–H and O–H groups in total. The molecular weight excluding hydrogens is 328 g/mol. The van der Waals surface area contributed by atoms with E-state index in [1.54, 1.807) is 11.9 Å². The summed E-state index contributed by atoms with van der Waals surface area (Å²) in [6, 6.07) is 5.17. The van der Waals surface area contributed by atoms with Crippen molar-refractivity contribution >= 4 is 21.5 Å². The number of pyridine rings is 1. The maximum absolute atomic E-state index is 13.1. The highest BCUT2D eigenvalue weighted by Crippen LogP contribution is 2.19. The van der Waals surface area contributed by atoms with Gasteiger partial charge in [-0.25, -0.2) is 22.2 Å². The number of nitrogens with zero attached hydrogens (tertiary/aromatic N) is 2. The molecule has 0 aliphatic rings. The second-order valence-corrected chi connectivity index (χ2v) is 6.44. The topological polar surface area (TPSA) is 82.5 Å². The Bertz CT molecular complexity index is 762. The first-order valence-electron chi connectivity index (χ1n) is 6.59. The molecule has 124 valence electrons. The van der Waals surface area contributed by atoms with Gasteiger partial charge in [0.05, 0.1) is 12.3 Å². The van der Waals surface area contributed by atoms with Gasteiger partial charge < -0.3 is 10.0 Å². The summed E-state index contributed by atoms with van der Waals surface area (Å²) in [5.74, 6) is -1.29. The van der Waals surface area contributed by atoms with Gasteiger partial charge in [-0.2, -0.15) is 0 Å². The fraction of sp³-hybridized carbons (Fsp3) is 0.214. The van der Waals surface area contributed by atoms with Crippen molar-refractivity contribution in [2.75, 3.05) is 29.8 Å². The first-order valence-corrected chi connectivity index (χ1v) is 8.07. The van der Waals surface area contributed by atoms with E-state index in [4.69, 9.17) is 5.11 Å². The maximum Gasteiger partial charge on any atom is 0.263 e. The predicted octanol–water partition coefficient (Wildman–Crippen LogP) is 1.59. The predicted molar refractivity (Wildman–Crippen MR) is 81.8 cm³/mol. The second kappa shape index (κ2) is 6.88. The van der Waals surface area contributed by atoms with Crippen molar-refractivity contribution in [3.05, 3.63) is 48.2 Å². The number of halogens is 2. The van der Waals surface area contributed by atoms with Crippen LogP contribution in [0.3, 0.4) is 0 Å². The minimum absolute atomic E-state index is 0.0646. The lowest BCUT2D eigenvalue weighted by Crippen LogP contribution is -2.22. The van der Waals surface area contributed by atoms with Crippen LogP contribution >= 0.6 is 0 Å². The molecule has 0 aliphatic carbocycles. The molecule has 0 aliphatic heterocycles. The molecule has 9 heteroatoms. The van der Waals surface area contributed by atoms with Crippen LogP contribution < -0.4 is 9.62 Å². The number of aliphatic hydroxyl groups excluding tert-OH is 1. The number of hydrogen-bond donors (Lipinski definition) is 2. The van der Waals surface area contributed by atoms with Crippen molar-refractivity contribution in [1.82, 2.24) is 4.98 Å². The number of likely N-dealkylation sites (N-methyl/N-ethyl adjacent to an activating group) is 1. The van der Waals surface area contributed by atoms with E-state index in [-0.39, 0.29) is 17.2 Å². The van der Waals surface area contributed by atoms with E-state index in [1.807, 2.05) is 0 Å². The summed E-state index contributed by atoms with van der Waals surface area (Å²) in [6.45, 7) is 0.283. The zero-order chi connectivity index (χ0) is 17.0. The highest BCUT2D eigenvalue weighted by Gasteiger charge is 2.16. The minimum Gasteiger partial charge on any atom is -0.395 e. The summed E-state index contributed by atoms with van der Waals surface area (Å²) in [4.78, 5) is 5.48. The van der Waals surface area contributed by atoms with Gasteiger partial charge in [-0.15, -0.1) is 0 Å². The van der Waals surface area contributed by atoms with Crippen molar-refractivity contribution in [1.29, 1.82) is 0 Å². The summed E-state index contributed by atoms with van der Waals surface area (Å²) in [6.07, 6.45) is 1.13. The number of anilines is 2. The molecule has 0 fully saturated rings. The fourth-order valence-corrected chi connectivity index (χ4v) is 2.83. The highest BCUT2D eigenvalue weighted by molar-refractivity contribution is 7.92. The van der Waals surface area contributed by atoms with Crippen LogP contribution in [0.25, 0.3) is 0 Å². The lowest BCUT2D eigenvalue weighted by molar-refractivity contribution is 0.304. The second-order valence-electron chi connectivity index (χ2n) is 4.76. The molecule has 2 rings (SSSR count). The molecule has 1 heterocycles. The number of hydrogen-bond acceptors (Lipinski definition) is 5. The van der Waals surface area contributed by atoms with Gasteiger partial charge in [0, 0.05) is 25.9 Å². The van der Waals surface area contributed by atoms with Gasteiger partial charge in [-0.05, 0) is 24.3 Å². The Morgan fingerprint density at radius 3 is 2.39 bits per heavy atom. The van der Waals surface area contributed by atoms with Crippen LogP contribution in [0.2, 0.25) is 0 Å². The Balaban J connectivity index is 2.22. The Morgan fingerprint density at radius 2 is 1.87 bits per heavy atom. The maximum atomic E-state index is 13.1. The van der Waals surface area contributed by atoms with E-state index in [1.165, 1.54) is 12.1 Å². The SMILES string of the molecule is CN(CCO)c1ccc(S(=O)(=O)Nc2cc(F)cc(F)c2)cn1. The molecule has 23 heavy (non-hydrogen) atoms. The van der Waals surface area contributed by atoms with Gasteiger partial charge >= 0.3 is 0 Å². The number of nitrogens with one attached hydrogen (secondary N) is 1. The van der Waals surface area contributed by atoms with Gasteiger partial charge in [0.25, 0.3) is 10.0 Å². The molecule has 0 bridgehead atoms. The normalized spacial score (nSPS) is 11.3. The smallest absolute Gasteiger partial charge is 0.263 e. The van der Waals surface area contributed by atoms with Gasteiger partial charge in [0.15, 0.2) is 0 Å². The van der Waals surface area contributed by atoms with E-state index in [0.717, 1.165) is 18.3 Å². The van der Waals surface area contributed by atoms with E-state index < -0.39 is 21.7 Å². The summed E-state index contributed by atoms with van der Waals surface area (Å²) < 4.78 is 52.7. The Labute approximate surface area is 132 Å². The van der Waals surface area contributed by atoms with Crippen LogP contribution in [0.5, 0.6) is 0 Å². The molecule has 1 aromatic heterocycles. The van der Waals surface area contributed by atoms with Crippen molar-refractivity contribution in [3.63, 3.8) is 0 Å². The van der Waals surface area contributed by atoms with E-state index in [0.29, 0.717) is 18.4 Å². The van der Waals surface area contributed by atoms with Crippen LogP contribution in [0.4, 0.5) is 20.3 Å². The monoisotopic (exact) mass is 343 g/mol.